The van der Waals surface area contributed by atoms with Gasteiger partial charge in [0.15, 0.2) is 0 Å². The van der Waals surface area contributed by atoms with Gasteiger partial charge in [-0.3, -0.25) is 9.59 Å². The number of nitrogens with two attached hydrogens (primary N) is 1. The van der Waals surface area contributed by atoms with Gasteiger partial charge in [0.25, 0.3) is 0 Å². The maximum atomic E-state index is 12.9. The Hall–Kier alpha value is -3.81. The van der Waals surface area contributed by atoms with E-state index in [1.54, 1.807) is 36.4 Å². The summed E-state index contributed by atoms with van der Waals surface area (Å²) >= 11 is 12.6. The summed E-state index contributed by atoms with van der Waals surface area (Å²) < 4.78 is 5.50. The van der Waals surface area contributed by atoms with Crippen molar-refractivity contribution >= 4 is 57.9 Å². The van der Waals surface area contributed by atoms with E-state index in [-0.39, 0.29) is 19.4 Å². The first-order chi connectivity index (χ1) is 17.3. The Labute approximate surface area is 218 Å². The molecule has 0 radical (unpaired) electrons. The highest BCUT2D eigenvalue weighted by Gasteiger charge is 2.30. The van der Waals surface area contributed by atoms with Crippen molar-refractivity contribution in [2.24, 2.45) is 5.73 Å². The van der Waals surface area contributed by atoms with E-state index < -0.39 is 23.8 Å². The van der Waals surface area contributed by atoms with Crippen LogP contribution >= 0.6 is 23.2 Å². The van der Waals surface area contributed by atoms with Crippen LogP contribution in [0, 0.1) is 0 Å². The highest BCUT2D eigenvalue weighted by molar-refractivity contribution is 6.36. The number of amides is 2. The fraction of sp³-hybridized carbons (Fsp3) is 0.148. The summed E-state index contributed by atoms with van der Waals surface area (Å²) in [6.45, 7) is 0.131. The number of fused-ring (bicyclic) bond motifs is 1. The van der Waals surface area contributed by atoms with Gasteiger partial charge in [0.1, 0.15) is 12.6 Å². The number of carbonyl (C=O) groups is 3. The summed E-state index contributed by atoms with van der Waals surface area (Å²) in [4.78, 5) is 36.8. The van der Waals surface area contributed by atoms with E-state index in [2.05, 4.69) is 10.6 Å². The van der Waals surface area contributed by atoms with Crippen LogP contribution in [-0.4, -0.2) is 23.8 Å². The van der Waals surface area contributed by atoms with Crippen molar-refractivity contribution in [1.29, 1.82) is 0 Å². The molecule has 3 aromatic carbocycles. The zero-order valence-corrected chi connectivity index (χ0v) is 20.6. The first-order valence-corrected chi connectivity index (χ1v) is 11.9. The molecule has 0 spiro atoms. The third-order valence-electron chi connectivity index (χ3n) is 5.54. The fourth-order valence-electron chi connectivity index (χ4n) is 3.92. The van der Waals surface area contributed by atoms with Gasteiger partial charge in [-0.15, -0.1) is 0 Å². The average Bonchev–Trinajstić information content (AvgIpc) is 2.83. The lowest BCUT2D eigenvalue weighted by molar-refractivity contribution is -0.145. The smallest absolute Gasteiger partial charge is 0.329 e. The average molecular weight is 524 g/mol. The largest absolute Gasteiger partial charge is 0.459 e. The van der Waals surface area contributed by atoms with Gasteiger partial charge in [0.05, 0.1) is 11.4 Å². The van der Waals surface area contributed by atoms with Crippen LogP contribution in [0.3, 0.4) is 0 Å². The second kappa shape index (κ2) is 11.3. The molecule has 1 aliphatic rings. The second-order valence-corrected chi connectivity index (χ2v) is 9.15. The molecular formula is C27H23Cl2N3O4. The molecule has 9 heteroatoms. The van der Waals surface area contributed by atoms with Gasteiger partial charge in [0, 0.05) is 34.5 Å². The molecule has 0 aliphatic carbocycles. The Morgan fingerprint density at radius 2 is 1.75 bits per heavy atom. The number of primary amides is 1. The Balaban J connectivity index is 1.53. The lowest BCUT2D eigenvalue weighted by Crippen LogP contribution is -2.35. The number of hydrogen-bond donors (Lipinski definition) is 3. The lowest BCUT2D eigenvalue weighted by atomic mass is 9.91. The number of anilines is 2. The van der Waals surface area contributed by atoms with Gasteiger partial charge in [0.2, 0.25) is 11.8 Å². The molecule has 1 aliphatic heterocycles. The molecule has 0 fully saturated rings. The van der Waals surface area contributed by atoms with Crippen molar-refractivity contribution in [3.05, 3.63) is 99.5 Å². The lowest BCUT2D eigenvalue weighted by Gasteiger charge is -2.28. The summed E-state index contributed by atoms with van der Waals surface area (Å²) in [7, 11) is 0. The van der Waals surface area contributed by atoms with Crippen LogP contribution in [0.1, 0.15) is 23.1 Å². The van der Waals surface area contributed by atoms with Crippen molar-refractivity contribution < 1.29 is 19.1 Å². The number of hydrogen-bond acceptors (Lipinski definition) is 5. The zero-order valence-electron chi connectivity index (χ0n) is 19.1. The van der Waals surface area contributed by atoms with E-state index in [4.69, 9.17) is 33.7 Å². The van der Waals surface area contributed by atoms with E-state index in [9.17, 15) is 14.4 Å². The molecule has 3 aromatic rings. The quantitative estimate of drug-likeness (QED) is 0.299. The van der Waals surface area contributed by atoms with Crippen molar-refractivity contribution in [3.8, 4) is 0 Å². The van der Waals surface area contributed by atoms with E-state index in [0.29, 0.717) is 32.6 Å². The number of ether oxygens (including phenoxy) is 1. The Morgan fingerprint density at radius 3 is 2.44 bits per heavy atom. The van der Waals surface area contributed by atoms with Crippen LogP contribution in [0.4, 0.5) is 11.4 Å². The molecule has 36 heavy (non-hydrogen) atoms. The molecule has 0 bridgehead atoms. The number of carbonyl (C=O) groups excluding carboxylic acids is 3. The first-order valence-electron chi connectivity index (χ1n) is 11.1. The minimum absolute atomic E-state index is 0.116. The maximum absolute atomic E-state index is 12.9. The Kier molecular flexibility index (Phi) is 7.93. The molecule has 4 rings (SSSR count). The van der Waals surface area contributed by atoms with Crippen molar-refractivity contribution in [1.82, 2.24) is 0 Å². The molecule has 7 nitrogen and oxygen atoms in total. The summed E-state index contributed by atoms with van der Waals surface area (Å²) in [5, 5.41) is 6.67. The highest BCUT2D eigenvalue weighted by atomic mass is 35.5. The van der Waals surface area contributed by atoms with Gasteiger partial charge in [-0.2, -0.15) is 0 Å². The molecule has 4 N–H and O–H groups in total. The summed E-state index contributed by atoms with van der Waals surface area (Å²) in [6.07, 6.45) is 1.71. The number of rotatable bonds is 7. The molecule has 0 saturated carbocycles. The van der Waals surface area contributed by atoms with E-state index in [1.165, 1.54) is 6.08 Å². The number of esters is 1. The van der Waals surface area contributed by atoms with Gasteiger partial charge in [-0.05, 0) is 41.0 Å². The van der Waals surface area contributed by atoms with Gasteiger partial charge in [-0.1, -0.05) is 65.7 Å². The van der Waals surface area contributed by atoms with Crippen molar-refractivity contribution in [2.75, 3.05) is 10.6 Å². The molecule has 1 atom stereocenters. The standard InChI is InChI=1S/C27H23Cl2N3O4/c28-19-13-21(29)26-18(12-25(34)31-20-8-6-16(7-9-20)10-24(30)33)11-23(32-22(26)14-19)27(35)36-15-17-4-2-1-3-5-17/h1-9,12-14,23,32H,10-11,15H2,(H2,30,33)(H,31,34)/b18-12+. The zero-order chi connectivity index (χ0) is 25.7. The van der Waals surface area contributed by atoms with E-state index in [1.807, 2.05) is 30.3 Å². The van der Waals surface area contributed by atoms with Crippen LogP contribution < -0.4 is 16.4 Å². The van der Waals surface area contributed by atoms with Crippen LogP contribution in [0.15, 0.2) is 72.8 Å². The predicted octanol–water partition coefficient (Wildman–Crippen LogP) is 4.97. The van der Waals surface area contributed by atoms with Crippen LogP contribution in [-0.2, 0) is 32.1 Å². The van der Waals surface area contributed by atoms with Crippen LogP contribution in [0.5, 0.6) is 0 Å². The summed E-state index contributed by atoms with van der Waals surface area (Å²) in [6, 6.07) is 18.7. The molecule has 0 saturated heterocycles. The first kappa shape index (κ1) is 25.3. The third kappa shape index (κ3) is 6.44. The Bertz CT molecular complexity index is 1320. The minimum atomic E-state index is -0.733. The third-order valence-corrected chi connectivity index (χ3v) is 6.06. The van der Waals surface area contributed by atoms with E-state index >= 15 is 0 Å². The number of nitrogens with one attached hydrogen (secondary N) is 2. The molecule has 1 heterocycles. The van der Waals surface area contributed by atoms with Crippen molar-refractivity contribution in [2.45, 2.75) is 25.5 Å². The molecule has 184 valence electrons. The highest BCUT2D eigenvalue weighted by Crippen LogP contribution is 2.40. The fourth-order valence-corrected chi connectivity index (χ4v) is 4.54. The van der Waals surface area contributed by atoms with Crippen LogP contribution in [0.2, 0.25) is 10.0 Å². The number of halogens is 2. The predicted molar refractivity (Wildman–Crippen MR) is 141 cm³/mol. The normalized spacial score (nSPS) is 15.5. The maximum Gasteiger partial charge on any atom is 0.329 e. The molecule has 2 amide bonds. The summed E-state index contributed by atoms with van der Waals surface area (Å²) in [5.41, 5.74) is 9.06. The second-order valence-electron chi connectivity index (χ2n) is 8.30. The SMILES string of the molecule is NC(=O)Cc1ccc(NC(=O)/C=C2\CC(C(=O)OCc3ccccc3)Nc3cc(Cl)cc(Cl)c32)cc1. The van der Waals surface area contributed by atoms with Crippen molar-refractivity contribution in [3.63, 3.8) is 0 Å². The van der Waals surface area contributed by atoms with E-state index in [0.717, 1.165) is 11.1 Å². The minimum Gasteiger partial charge on any atom is -0.459 e. The van der Waals surface area contributed by atoms with Gasteiger partial charge in [-0.25, -0.2) is 4.79 Å². The monoisotopic (exact) mass is 523 g/mol. The Morgan fingerprint density at radius 1 is 1.03 bits per heavy atom. The number of benzene rings is 3. The molecule has 0 aromatic heterocycles. The molecule has 1 unspecified atom stereocenters. The molecular weight excluding hydrogens is 501 g/mol. The van der Waals surface area contributed by atoms with Gasteiger partial charge < -0.3 is 21.1 Å². The summed E-state index contributed by atoms with van der Waals surface area (Å²) in [5.74, 6) is -1.30. The topological polar surface area (TPSA) is 111 Å². The van der Waals surface area contributed by atoms with Crippen LogP contribution in [0.25, 0.3) is 5.57 Å². The van der Waals surface area contributed by atoms with Gasteiger partial charge >= 0.3 is 5.97 Å².